The van der Waals surface area contributed by atoms with Crippen molar-refractivity contribution in [3.63, 3.8) is 0 Å². The van der Waals surface area contributed by atoms with Gasteiger partial charge in [0, 0.05) is 43.9 Å². The maximum absolute atomic E-state index is 9.06. The topological polar surface area (TPSA) is 61.5 Å². The zero-order valence-electron chi connectivity index (χ0n) is 11.6. The predicted octanol–water partition coefficient (Wildman–Crippen LogP) is 0.549. The van der Waals surface area contributed by atoms with Crippen LogP contribution in [-0.4, -0.2) is 53.9 Å². The Kier molecular flexibility index (Phi) is 5.86. The molecule has 1 aliphatic heterocycles. The van der Waals surface area contributed by atoms with Gasteiger partial charge in [-0.3, -0.25) is 4.90 Å². The molecule has 4 heteroatoms. The van der Waals surface area contributed by atoms with Crippen molar-refractivity contribution < 1.29 is 5.11 Å². The quantitative estimate of drug-likeness (QED) is 0.611. The lowest BCUT2D eigenvalue weighted by Gasteiger charge is -2.34. The highest BCUT2D eigenvalue weighted by Gasteiger charge is 2.38. The number of rotatable bonds is 7. The zero-order valence-corrected chi connectivity index (χ0v) is 11.6. The smallest absolute Gasteiger partial charge is 0.0447 e. The van der Waals surface area contributed by atoms with E-state index >= 15 is 0 Å². The third-order valence-electron chi connectivity index (χ3n) is 3.99. The molecule has 0 aromatic carbocycles. The van der Waals surface area contributed by atoms with Gasteiger partial charge in [-0.1, -0.05) is 6.92 Å². The minimum atomic E-state index is 0.0557. The Bertz CT molecular complexity index is 223. The van der Waals surface area contributed by atoms with Crippen LogP contribution < -0.4 is 11.1 Å². The van der Waals surface area contributed by atoms with E-state index in [-0.39, 0.29) is 12.1 Å². The molecule has 0 saturated carbocycles. The van der Waals surface area contributed by atoms with Crippen LogP contribution in [0.3, 0.4) is 0 Å². The molecule has 0 bridgehead atoms. The van der Waals surface area contributed by atoms with E-state index in [9.17, 15) is 0 Å². The van der Waals surface area contributed by atoms with Gasteiger partial charge in [-0.15, -0.1) is 0 Å². The molecule has 1 fully saturated rings. The zero-order chi connectivity index (χ0) is 12.9. The van der Waals surface area contributed by atoms with Gasteiger partial charge in [0.05, 0.1) is 0 Å². The van der Waals surface area contributed by atoms with Gasteiger partial charge in [0.2, 0.25) is 0 Å². The molecular formula is C13H29N3O. The molecule has 1 heterocycles. The summed E-state index contributed by atoms with van der Waals surface area (Å²) in [6.07, 6.45) is 2.98. The lowest BCUT2D eigenvalue weighted by molar-refractivity contribution is 0.208. The van der Waals surface area contributed by atoms with Crippen LogP contribution in [0.1, 0.15) is 40.0 Å². The second-order valence-corrected chi connectivity index (χ2v) is 5.56. The minimum Gasteiger partial charge on any atom is -0.396 e. The molecule has 0 aromatic rings. The number of hydrogen-bond acceptors (Lipinski definition) is 4. The second kappa shape index (κ2) is 6.69. The average Bonchev–Trinajstić information content (AvgIpc) is 2.74. The number of nitrogens with zero attached hydrogens (tertiary/aromatic N) is 1. The van der Waals surface area contributed by atoms with Crippen LogP contribution in [0.15, 0.2) is 0 Å². The molecule has 0 spiro atoms. The molecule has 1 aliphatic rings. The fraction of sp³-hybridized carbons (Fsp3) is 1.00. The third kappa shape index (κ3) is 3.91. The van der Waals surface area contributed by atoms with Crippen molar-refractivity contribution >= 4 is 0 Å². The minimum absolute atomic E-state index is 0.0557. The summed E-state index contributed by atoms with van der Waals surface area (Å²) in [6, 6.07) is 0.971. The van der Waals surface area contributed by atoms with E-state index in [0.717, 1.165) is 32.4 Å². The van der Waals surface area contributed by atoms with Crippen molar-refractivity contribution in [1.82, 2.24) is 10.2 Å². The fourth-order valence-corrected chi connectivity index (χ4v) is 2.66. The Morgan fingerprint density at radius 3 is 2.59 bits per heavy atom. The van der Waals surface area contributed by atoms with Crippen LogP contribution in [0.5, 0.6) is 0 Å². The van der Waals surface area contributed by atoms with Gasteiger partial charge in [0.25, 0.3) is 0 Å². The van der Waals surface area contributed by atoms with Crippen LogP contribution in [0.2, 0.25) is 0 Å². The molecule has 102 valence electrons. The first-order valence-corrected chi connectivity index (χ1v) is 6.89. The highest BCUT2D eigenvalue weighted by atomic mass is 16.3. The van der Waals surface area contributed by atoms with E-state index in [1.54, 1.807) is 0 Å². The van der Waals surface area contributed by atoms with Crippen molar-refractivity contribution in [3.8, 4) is 0 Å². The molecule has 4 N–H and O–H groups in total. The maximum atomic E-state index is 9.06. The van der Waals surface area contributed by atoms with E-state index in [2.05, 4.69) is 31.0 Å². The molecule has 17 heavy (non-hydrogen) atoms. The summed E-state index contributed by atoms with van der Waals surface area (Å²) >= 11 is 0. The van der Waals surface area contributed by atoms with Crippen LogP contribution in [0.4, 0.5) is 0 Å². The van der Waals surface area contributed by atoms with Gasteiger partial charge in [0.1, 0.15) is 0 Å². The van der Waals surface area contributed by atoms with E-state index in [0.29, 0.717) is 18.6 Å². The number of nitrogens with two attached hydrogens (primary N) is 1. The van der Waals surface area contributed by atoms with Crippen molar-refractivity contribution in [2.24, 2.45) is 5.73 Å². The summed E-state index contributed by atoms with van der Waals surface area (Å²) in [4.78, 5) is 2.48. The van der Waals surface area contributed by atoms with Gasteiger partial charge < -0.3 is 16.2 Å². The van der Waals surface area contributed by atoms with E-state index in [4.69, 9.17) is 10.8 Å². The summed E-state index contributed by atoms with van der Waals surface area (Å²) < 4.78 is 0. The van der Waals surface area contributed by atoms with Gasteiger partial charge in [0.15, 0.2) is 0 Å². The van der Waals surface area contributed by atoms with Crippen molar-refractivity contribution in [2.75, 3.05) is 26.2 Å². The summed E-state index contributed by atoms with van der Waals surface area (Å²) in [5.41, 5.74) is 6.03. The molecule has 1 saturated heterocycles. The lowest BCUT2D eigenvalue weighted by Crippen LogP contribution is -2.57. The van der Waals surface area contributed by atoms with E-state index < -0.39 is 0 Å². The molecule has 0 aromatic heterocycles. The molecule has 1 rings (SSSR count). The first-order chi connectivity index (χ1) is 8.06. The summed E-state index contributed by atoms with van der Waals surface area (Å²) in [6.45, 7) is 9.71. The number of hydrogen-bond donors (Lipinski definition) is 3. The largest absolute Gasteiger partial charge is 0.396 e. The van der Waals surface area contributed by atoms with Crippen molar-refractivity contribution in [1.29, 1.82) is 0 Å². The van der Waals surface area contributed by atoms with Crippen molar-refractivity contribution in [3.05, 3.63) is 0 Å². The SMILES string of the molecule is CCC(CCO)NC1(CN)CCN(C(C)C)C1. The molecule has 0 radical (unpaired) electrons. The molecule has 2 unspecified atom stereocenters. The van der Waals surface area contributed by atoms with E-state index in [1.165, 1.54) is 0 Å². The Morgan fingerprint density at radius 1 is 1.47 bits per heavy atom. The van der Waals surface area contributed by atoms with Crippen molar-refractivity contribution in [2.45, 2.75) is 57.7 Å². The number of aliphatic hydroxyl groups is 1. The highest BCUT2D eigenvalue weighted by Crippen LogP contribution is 2.23. The van der Waals surface area contributed by atoms with Crippen LogP contribution in [-0.2, 0) is 0 Å². The van der Waals surface area contributed by atoms with Gasteiger partial charge in [-0.05, 0) is 33.1 Å². The average molecular weight is 243 g/mol. The molecule has 0 aliphatic carbocycles. The monoisotopic (exact) mass is 243 g/mol. The Hall–Kier alpha value is -0.160. The summed E-state index contributed by atoms with van der Waals surface area (Å²) in [5.74, 6) is 0. The normalized spacial score (nSPS) is 27.9. The highest BCUT2D eigenvalue weighted by molar-refractivity contribution is 5.00. The summed E-state index contributed by atoms with van der Waals surface area (Å²) in [5, 5.41) is 12.7. The molecular weight excluding hydrogens is 214 g/mol. The predicted molar refractivity (Wildman–Crippen MR) is 72.0 cm³/mol. The van der Waals surface area contributed by atoms with Gasteiger partial charge in [-0.25, -0.2) is 0 Å². The first-order valence-electron chi connectivity index (χ1n) is 6.89. The molecule has 2 atom stereocenters. The fourth-order valence-electron chi connectivity index (χ4n) is 2.66. The van der Waals surface area contributed by atoms with Gasteiger partial charge >= 0.3 is 0 Å². The van der Waals surface area contributed by atoms with Crippen LogP contribution in [0, 0.1) is 0 Å². The second-order valence-electron chi connectivity index (χ2n) is 5.56. The Labute approximate surface area is 106 Å². The van der Waals surface area contributed by atoms with Crippen LogP contribution in [0.25, 0.3) is 0 Å². The van der Waals surface area contributed by atoms with Crippen LogP contribution >= 0.6 is 0 Å². The maximum Gasteiger partial charge on any atom is 0.0447 e. The first kappa shape index (κ1) is 14.9. The molecule has 0 amide bonds. The molecule has 4 nitrogen and oxygen atoms in total. The summed E-state index contributed by atoms with van der Waals surface area (Å²) in [7, 11) is 0. The number of nitrogens with one attached hydrogen (secondary N) is 1. The standard InChI is InChI=1S/C13H29N3O/c1-4-12(5-8-17)15-13(9-14)6-7-16(10-13)11(2)3/h11-12,15,17H,4-10,14H2,1-3H3. The third-order valence-corrected chi connectivity index (χ3v) is 3.99. The number of likely N-dealkylation sites (tertiary alicyclic amines) is 1. The van der Waals surface area contributed by atoms with Gasteiger partial charge in [-0.2, -0.15) is 0 Å². The Balaban J connectivity index is 2.58. The Morgan fingerprint density at radius 2 is 2.18 bits per heavy atom. The number of aliphatic hydroxyl groups excluding tert-OH is 1. The van der Waals surface area contributed by atoms with E-state index in [1.807, 2.05) is 0 Å². The lowest BCUT2D eigenvalue weighted by atomic mass is 9.96.